The number of hydrogen-bond donors (Lipinski definition) is 2. The summed E-state index contributed by atoms with van der Waals surface area (Å²) in [5.74, 6) is 1.43. The van der Waals surface area contributed by atoms with E-state index in [4.69, 9.17) is 9.72 Å². The van der Waals surface area contributed by atoms with E-state index < -0.39 is 0 Å². The maximum Gasteiger partial charge on any atom is 0.236 e. The second-order valence-electron chi connectivity index (χ2n) is 8.21. The van der Waals surface area contributed by atoms with Crippen LogP contribution in [0.5, 0.6) is 0 Å². The second-order valence-corrected chi connectivity index (χ2v) is 8.21. The third-order valence-corrected chi connectivity index (χ3v) is 5.74. The Hall–Kier alpha value is -3.23. The lowest BCUT2D eigenvalue weighted by atomic mass is 10.1. The molecule has 0 unspecified atom stereocenters. The molecule has 1 aliphatic heterocycles. The molecule has 0 saturated heterocycles. The van der Waals surface area contributed by atoms with Crippen LogP contribution >= 0.6 is 0 Å². The first-order chi connectivity index (χ1) is 16.0. The summed E-state index contributed by atoms with van der Waals surface area (Å²) in [5.41, 5.74) is 3.70. The molecule has 8 heteroatoms. The molecular formula is C25H30FN5O2. The summed E-state index contributed by atoms with van der Waals surface area (Å²) < 4.78 is 20.7. The average molecular weight is 452 g/mol. The number of amides is 1. The van der Waals surface area contributed by atoms with Crippen LogP contribution in [0.2, 0.25) is 0 Å². The fraction of sp³-hybridized carbons (Fsp3) is 0.360. The molecule has 33 heavy (non-hydrogen) atoms. The third kappa shape index (κ3) is 5.58. The molecule has 7 nitrogen and oxygen atoms in total. The molecule has 174 valence electrons. The van der Waals surface area contributed by atoms with Gasteiger partial charge in [-0.15, -0.1) is 0 Å². The van der Waals surface area contributed by atoms with E-state index in [-0.39, 0.29) is 11.7 Å². The van der Waals surface area contributed by atoms with Crippen molar-refractivity contribution >= 4 is 17.4 Å². The number of rotatable bonds is 9. The van der Waals surface area contributed by atoms with Crippen molar-refractivity contribution in [2.45, 2.75) is 26.4 Å². The smallest absolute Gasteiger partial charge is 0.236 e. The van der Waals surface area contributed by atoms with Gasteiger partial charge in [-0.3, -0.25) is 4.79 Å². The normalized spacial score (nSPS) is 13.1. The van der Waals surface area contributed by atoms with E-state index >= 15 is 0 Å². The van der Waals surface area contributed by atoms with Crippen molar-refractivity contribution in [3.8, 4) is 11.3 Å². The monoisotopic (exact) mass is 451 g/mol. The number of anilines is 2. The molecular weight excluding hydrogens is 421 g/mol. The number of fused-ring (bicyclic) bond motifs is 1. The lowest BCUT2D eigenvalue weighted by Crippen LogP contribution is -2.43. The van der Waals surface area contributed by atoms with Crippen molar-refractivity contribution < 1.29 is 13.9 Å². The van der Waals surface area contributed by atoms with Crippen LogP contribution in [-0.4, -0.2) is 53.7 Å². The van der Waals surface area contributed by atoms with E-state index in [1.807, 2.05) is 36.1 Å². The van der Waals surface area contributed by atoms with Crippen LogP contribution in [0.4, 0.5) is 15.9 Å². The minimum Gasteiger partial charge on any atom is -0.385 e. The highest BCUT2D eigenvalue weighted by molar-refractivity contribution is 5.79. The molecule has 1 aliphatic rings. The topological polar surface area (TPSA) is 71.4 Å². The zero-order chi connectivity index (χ0) is 23.2. The van der Waals surface area contributed by atoms with Crippen LogP contribution in [0.15, 0.2) is 48.5 Å². The minimum atomic E-state index is -0.287. The van der Waals surface area contributed by atoms with Crippen molar-refractivity contribution in [1.82, 2.24) is 19.8 Å². The van der Waals surface area contributed by atoms with Crippen LogP contribution < -0.4 is 10.6 Å². The maximum absolute atomic E-state index is 13.5. The SMILES string of the molecule is COCCCNCC(=O)N1CCn2c(nc(-c3ccc(F)cc3)c2Nc2ccc(C)cc2)C1. The zero-order valence-electron chi connectivity index (χ0n) is 19.1. The number of carbonyl (C=O) groups excluding carboxylic acids is 1. The number of aromatic nitrogens is 2. The number of hydrogen-bond acceptors (Lipinski definition) is 5. The zero-order valence-corrected chi connectivity index (χ0v) is 19.1. The fourth-order valence-corrected chi connectivity index (χ4v) is 3.90. The van der Waals surface area contributed by atoms with E-state index in [0.717, 1.165) is 41.6 Å². The molecule has 3 aromatic rings. The highest BCUT2D eigenvalue weighted by Crippen LogP contribution is 2.33. The van der Waals surface area contributed by atoms with Gasteiger partial charge in [-0.1, -0.05) is 17.7 Å². The quantitative estimate of drug-likeness (QED) is 0.486. The number of nitrogens with zero attached hydrogens (tertiary/aromatic N) is 3. The van der Waals surface area contributed by atoms with Crippen LogP contribution in [0, 0.1) is 12.7 Å². The highest BCUT2D eigenvalue weighted by atomic mass is 19.1. The number of methoxy groups -OCH3 is 1. The van der Waals surface area contributed by atoms with E-state index in [0.29, 0.717) is 32.8 Å². The second kappa shape index (κ2) is 10.6. The third-order valence-electron chi connectivity index (χ3n) is 5.74. The molecule has 2 aromatic carbocycles. The Kier molecular flexibility index (Phi) is 7.36. The average Bonchev–Trinajstić information content (AvgIpc) is 3.18. The van der Waals surface area contributed by atoms with E-state index in [1.54, 1.807) is 19.2 Å². The Labute approximate surface area is 193 Å². The van der Waals surface area contributed by atoms with Crippen LogP contribution in [0.1, 0.15) is 17.8 Å². The molecule has 1 aromatic heterocycles. The van der Waals surface area contributed by atoms with Gasteiger partial charge < -0.3 is 24.8 Å². The lowest BCUT2D eigenvalue weighted by molar-refractivity contribution is -0.131. The Morgan fingerprint density at radius 1 is 1.12 bits per heavy atom. The van der Waals surface area contributed by atoms with Gasteiger partial charge in [-0.25, -0.2) is 9.37 Å². The first-order valence-corrected chi connectivity index (χ1v) is 11.2. The molecule has 0 spiro atoms. The molecule has 2 heterocycles. The summed E-state index contributed by atoms with van der Waals surface area (Å²) in [6, 6.07) is 14.5. The van der Waals surface area contributed by atoms with Crippen LogP contribution in [-0.2, 0) is 22.6 Å². The van der Waals surface area contributed by atoms with Gasteiger partial charge in [-0.05, 0) is 56.3 Å². The number of ether oxygens (including phenoxy) is 1. The van der Waals surface area contributed by atoms with Gasteiger partial charge in [0.15, 0.2) is 0 Å². The van der Waals surface area contributed by atoms with Crippen LogP contribution in [0.25, 0.3) is 11.3 Å². The highest BCUT2D eigenvalue weighted by Gasteiger charge is 2.26. The van der Waals surface area contributed by atoms with Gasteiger partial charge >= 0.3 is 0 Å². The molecule has 2 N–H and O–H groups in total. The molecule has 0 bridgehead atoms. The lowest BCUT2D eigenvalue weighted by Gasteiger charge is -2.29. The molecule has 0 atom stereocenters. The van der Waals surface area contributed by atoms with Gasteiger partial charge in [0.05, 0.1) is 13.1 Å². The van der Waals surface area contributed by atoms with E-state index in [2.05, 4.69) is 15.2 Å². The molecule has 0 saturated carbocycles. The molecule has 0 radical (unpaired) electrons. The van der Waals surface area contributed by atoms with Crippen molar-refractivity contribution in [3.05, 3.63) is 65.7 Å². The number of halogens is 1. The van der Waals surface area contributed by atoms with Crippen molar-refractivity contribution in [2.75, 3.05) is 38.7 Å². The van der Waals surface area contributed by atoms with Gasteiger partial charge in [0.1, 0.15) is 23.2 Å². The number of nitrogens with one attached hydrogen (secondary N) is 2. The predicted molar refractivity (Wildman–Crippen MR) is 127 cm³/mol. The summed E-state index contributed by atoms with van der Waals surface area (Å²) in [6.45, 7) is 5.42. The molecule has 1 amide bonds. The Balaban J connectivity index is 1.55. The minimum absolute atomic E-state index is 0.0537. The summed E-state index contributed by atoms with van der Waals surface area (Å²) in [6.07, 6.45) is 0.864. The number of imidazole rings is 1. The largest absolute Gasteiger partial charge is 0.385 e. The van der Waals surface area contributed by atoms with E-state index in [1.165, 1.54) is 17.7 Å². The molecule has 0 fully saturated rings. The van der Waals surface area contributed by atoms with E-state index in [9.17, 15) is 9.18 Å². The van der Waals surface area contributed by atoms with Crippen molar-refractivity contribution in [2.24, 2.45) is 0 Å². The predicted octanol–water partition coefficient (Wildman–Crippen LogP) is 3.71. The summed E-state index contributed by atoms with van der Waals surface area (Å²) >= 11 is 0. The maximum atomic E-state index is 13.5. The summed E-state index contributed by atoms with van der Waals surface area (Å²) in [4.78, 5) is 19.4. The van der Waals surface area contributed by atoms with Gasteiger partial charge in [0.25, 0.3) is 0 Å². The summed E-state index contributed by atoms with van der Waals surface area (Å²) in [5, 5.41) is 6.68. The standard InChI is InChI=1S/C25H30FN5O2/c1-18-4-10-21(11-5-18)28-25-24(19-6-8-20(26)9-7-19)29-22-17-30(13-14-31(22)25)23(32)16-27-12-3-15-33-2/h4-11,27-28H,3,12-17H2,1-2H3. The Bertz CT molecular complexity index is 1080. The number of aryl methyl sites for hydroxylation is 1. The number of benzene rings is 2. The van der Waals surface area contributed by atoms with Crippen molar-refractivity contribution in [1.29, 1.82) is 0 Å². The fourth-order valence-electron chi connectivity index (χ4n) is 3.90. The van der Waals surface area contributed by atoms with Gasteiger partial charge in [0.2, 0.25) is 5.91 Å². The number of carbonyl (C=O) groups is 1. The first kappa shape index (κ1) is 22.9. The van der Waals surface area contributed by atoms with Crippen LogP contribution in [0.3, 0.4) is 0 Å². The Morgan fingerprint density at radius 2 is 1.88 bits per heavy atom. The summed E-state index contributed by atoms with van der Waals surface area (Å²) in [7, 11) is 1.67. The first-order valence-electron chi connectivity index (χ1n) is 11.2. The molecule has 0 aliphatic carbocycles. The van der Waals surface area contributed by atoms with Crippen molar-refractivity contribution in [3.63, 3.8) is 0 Å². The van der Waals surface area contributed by atoms with Gasteiger partial charge in [-0.2, -0.15) is 0 Å². The Morgan fingerprint density at radius 3 is 2.61 bits per heavy atom. The molecule has 4 rings (SSSR count). The van der Waals surface area contributed by atoms with Gasteiger partial charge in [0, 0.05) is 38.1 Å².